The van der Waals surface area contributed by atoms with E-state index < -0.39 is 0 Å². The molecule has 1 aliphatic rings. The van der Waals surface area contributed by atoms with Crippen molar-refractivity contribution in [2.45, 2.75) is 32.7 Å². The van der Waals surface area contributed by atoms with Crippen molar-refractivity contribution in [1.29, 1.82) is 0 Å². The molecule has 5 heteroatoms. The summed E-state index contributed by atoms with van der Waals surface area (Å²) >= 11 is 5.24. The fraction of sp³-hybridized carbons (Fsp3) is 0.467. The summed E-state index contributed by atoms with van der Waals surface area (Å²) in [6.07, 6.45) is 4.14. The lowest BCUT2D eigenvalue weighted by Gasteiger charge is -2.36. The Labute approximate surface area is 132 Å². The maximum absolute atomic E-state index is 4.84. The zero-order chi connectivity index (χ0) is 14.3. The molecule has 1 atom stereocenters. The third-order valence-electron chi connectivity index (χ3n) is 3.85. The van der Waals surface area contributed by atoms with Gasteiger partial charge in [-0.1, -0.05) is 13.8 Å². The Hall–Kier alpha value is -0.780. The number of aromatic nitrogens is 2. The first-order valence-corrected chi connectivity index (χ1v) is 8.44. The number of rotatable bonds is 2. The molecule has 1 N–H and O–H groups in total. The van der Waals surface area contributed by atoms with Gasteiger partial charge in [0.1, 0.15) is 0 Å². The van der Waals surface area contributed by atoms with E-state index in [4.69, 9.17) is 4.98 Å². The zero-order valence-electron chi connectivity index (χ0n) is 11.9. The average Bonchev–Trinajstić information content (AvgIpc) is 2.82. The number of hydrogen-bond donors (Lipinski definition) is 1. The van der Waals surface area contributed by atoms with Crippen molar-refractivity contribution >= 4 is 27.3 Å². The Morgan fingerprint density at radius 3 is 2.90 bits per heavy atom. The second kappa shape index (κ2) is 5.20. The van der Waals surface area contributed by atoms with Gasteiger partial charge in [-0.05, 0) is 52.7 Å². The van der Waals surface area contributed by atoms with Crippen LogP contribution in [0.4, 0.5) is 0 Å². The Morgan fingerprint density at radius 2 is 2.25 bits per heavy atom. The lowest BCUT2D eigenvalue weighted by Crippen LogP contribution is -2.32. The van der Waals surface area contributed by atoms with Crippen LogP contribution in [0.1, 0.15) is 37.6 Å². The summed E-state index contributed by atoms with van der Waals surface area (Å²) in [6.45, 7) is 4.62. The van der Waals surface area contributed by atoms with Crippen LogP contribution in [0.5, 0.6) is 0 Å². The first-order chi connectivity index (χ1) is 9.50. The largest absolute Gasteiger partial charge is 0.313 e. The summed E-state index contributed by atoms with van der Waals surface area (Å²) in [6, 6.07) is 2.40. The Bertz CT molecular complexity index is 636. The smallest absolute Gasteiger partial charge is 0.170 e. The fourth-order valence-corrected chi connectivity index (χ4v) is 4.36. The molecule has 0 saturated heterocycles. The summed E-state index contributed by atoms with van der Waals surface area (Å²) in [5, 5.41) is 5.45. The molecule has 2 aromatic heterocycles. The van der Waals surface area contributed by atoms with E-state index in [1.165, 1.54) is 11.3 Å². The minimum atomic E-state index is 0.277. The van der Waals surface area contributed by atoms with Crippen LogP contribution < -0.4 is 5.32 Å². The molecular formula is C15H18BrN3S. The quantitative estimate of drug-likeness (QED) is 0.880. The molecule has 2 aromatic rings. The minimum Gasteiger partial charge on any atom is -0.313 e. The molecule has 1 unspecified atom stereocenters. The molecule has 106 valence electrons. The van der Waals surface area contributed by atoms with Crippen molar-refractivity contribution < 1.29 is 0 Å². The topological polar surface area (TPSA) is 37.8 Å². The standard InChI is InChI=1S/C15H18BrN3S/c1-15(2)6-11(17-3)9-8-18-14(19-12(9)7-15)13-10(16)4-5-20-13/h4-5,8,11,17H,6-7H2,1-3H3. The van der Waals surface area contributed by atoms with Gasteiger partial charge in [0.25, 0.3) is 0 Å². The number of hydrogen-bond acceptors (Lipinski definition) is 4. The molecule has 0 radical (unpaired) electrons. The minimum absolute atomic E-state index is 0.277. The third kappa shape index (κ3) is 2.54. The molecule has 0 spiro atoms. The van der Waals surface area contributed by atoms with E-state index in [1.54, 1.807) is 11.3 Å². The molecule has 0 fully saturated rings. The van der Waals surface area contributed by atoms with E-state index in [0.717, 1.165) is 28.0 Å². The van der Waals surface area contributed by atoms with Crippen LogP contribution in [0.3, 0.4) is 0 Å². The average molecular weight is 352 g/mol. The maximum Gasteiger partial charge on any atom is 0.170 e. The van der Waals surface area contributed by atoms with E-state index in [1.807, 2.05) is 19.3 Å². The van der Waals surface area contributed by atoms with Crippen molar-refractivity contribution in [3.63, 3.8) is 0 Å². The second-order valence-corrected chi connectivity index (χ2v) is 7.85. The van der Waals surface area contributed by atoms with Crippen molar-refractivity contribution in [3.8, 4) is 10.7 Å². The van der Waals surface area contributed by atoms with Crippen LogP contribution in [0.25, 0.3) is 10.7 Å². The van der Waals surface area contributed by atoms with Gasteiger partial charge in [0.15, 0.2) is 5.82 Å². The predicted octanol–water partition coefficient (Wildman–Crippen LogP) is 4.20. The highest BCUT2D eigenvalue weighted by Crippen LogP contribution is 2.40. The number of thiophene rings is 1. The second-order valence-electron chi connectivity index (χ2n) is 6.08. The van der Waals surface area contributed by atoms with Crippen LogP contribution in [0.2, 0.25) is 0 Å². The molecule has 0 aromatic carbocycles. The lowest BCUT2D eigenvalue weighted by atomic mass is 9.74. The zero-order valence-corrected chi connectivity index (χ0v) is 14.3. The Morgan fingerprint density at radius 1 is 1.45 bits per heavy atom. The van der Waals surface area contributed by atoms with Gasteiger partial charge in [-0.3, -0.25) is 0 Å². The summed E-state index contributed by atoms with van der Waals surface area (Å²) < 4.78 is 1.07. The van der Waals surface area contributed by atoms with E-state index in [9.17, 15) is 0 Å². The normalized spacial score (nSPS) is 20.7. The van der Waals surface area contributed by atoms with Gasteiger partial charge in [-0.15, -0.1) is 11.3 Å². The van der Waals surface area contributed by atoms with Gasteiger partial charge >= 0.3 is 0 Å². The fourth-order valence-electron chi connectivity index (χ4n) is 2.87. The van der Waals surface area contributed by atoms with Gasteiger partial charge in [0.05, 0.1) is 4.88 Å². The highest BCUT2D eigenvalue weighted by molar-refractivity contribution is 9.10. The maximum atomic E-state index is 4.84. The van der Waals surface area contributed by atoms with Gasteiger partial charge in [-0.2, -0.15) is 0 Å². The van der Waals surface area contributed by atoms with Crippen LogP contribution in [-0.2, 0) is 6.42 Å². The number of nitrogens with one attached hydrogen (secondary N) is 1. The first kappa shape index (κ1) is 14.2. The van der Waals surface area contributed by atoms with Crippen LogP contribution >= 0.6 is 27.3 Å². The SMILES string of the molecule is CNC1CC(C)(C)Cc2nc(-c3sccc3Br)ncc21. The molecule has 3 rings (SSSR count). The van der Waals surface area contributed by atoms with Crippen molar-refractivity contribution in [2.75, 3.05) is 7.05 Å². The van der Waals surface area contributed by atoms with Crippen molar-refractivity contribution in [2.24, 2.45) is 5.41 Å². The molecule has 20 heavy (non-hydrogen) atoms. The number of halogens is 1. The van der Waals surface area contributed by atoms with Gasteiger partial charge in [0, 0.05) is 28.0 Å². The first-order valence-electron chi connectivity index (χ1n) is 6.76. The van der Waals surface area contributed by atoms with E-state index >= 15 is 0 Å². The van der Waals surface area contributed by atoms with Crippen LogP contribution in [0, 0.1) is 5.41 Å². The molecule has 0 amide bonds. The molecule has 3 nitrogen and oxygen atoms in total. The Balaban J connectivity index is 2.06. The van der Waals surface area contributed by atoms with E-state index in [-0.39, 0.29) is 5.41 Å². The molecule has 0 bridgehead atoms. The molecule has 0 aliphatic heterocycles. The van der Waals surface area contributed by atoms with Gasteiger partial charge < -0.3 is 5.32 Å². The summed E-state index contributed by atoms with van der Waals surface area (Å²) in [7, 11) is 2.01. The summed E-state index contributed by atoms with van der Waals surface area (Å²) in [5.41, 5.74) is 2.72. The van der Waals surface area contributed by atoms with Gasteiger partial charge in [-0.25, -0.2) is 9.97 Å². The van der Waals surface area contributed by atoms with Gasteiger partial charge in [0.2, 0.25) is 0 Å². The summed E-state index contributed by atoms with van der Waals surface area (Å²) in [4.78, 5) is 10.5. The van der Waals surface area contributed by atoms with Crippen molar-refractivity contribution in [3.05, 3.63) is 33.4 Å². The highest BCUT2D eigenvalue weighted by Gasteiger charge is 2.33. The number of fused-ring (bicyclic) bond motifs is 1. The third-order valence-corrected chi connectivity index (χ3v) is 5.68. The van der Waals surface area contributed by atoms with E-state index in [0.29, 0.717) is 6.04 Å². The molecule has 2 heterocycles. The monoisotopic (exact) mass is 351 g/mol. The Kier molecular flexibility index (Phi) is 3.69. The van der Waals surface area contributed by atoms with Crippen LogP contribution in [0.15, 0.2) is 22.1 Å². The highest BCUT2D eigenvalue weighted by atomic mass is 79.9. The van der Waals surface area contributed by atoms with Crippen LogP contribution in [-0.4, -0.2) is 17.0 Å². The molecule has 0 saturated carbocycles. The van der Waals surface area contributed by atoms with Crippen molar-refractivity contribution in [1.82, 2.24) is 15.3 Å². The predicted molar refractivity (Wildman–Crippen MR) is 86.9 cm³/mol. The lowest BCUT2D eigenvalue weighted by molar-refractivity contribution is 0.260. The summed E-state index contributed by atoms with van der Waals surface area (Å²) in [5.74, 6) is 0.832. The molecule has 1 aliphatic carbocycles. The molecular weight excluding hydrogens is 334 g/mol. The number of nitrogens with zero attached hydrogens (tertiary/aromatic N) is 2. The van der Waals surface area contributed by atoms with E-state index in [2.05, 4.69) is 45.5 Å².